The number of hydrogen-bond donors (Lipinski definition) is 0. The van der Waals surface area contributed by atoms with Gasteiger partial charge in [-0.1, -0.05) is 246 Å². The highest BCUT2D eigenvalue weighted by molar-refractivity contribution is 6.12. The number of rotatable bonds is 12. The minimum absolute atomic E-state index is 0.198. The van der Waals surface area contributed by atoms with Gasteiger partial charge in [0.1, 0.15) is 0 Å². The number of fused-ring (bicyclic) bond motifs is 12. The van der Waals surface area contributed by atoms with Crippen molar-refractivity contribution >= 4 is 77.7 Å². The lowest BCUT2D eigenvalue weighted by Gasteiger charge is -2.29. The first-order valence-corrected chi connectivity index (χ1v) is 34.9. The maximum Gasteiger partial charge on any atom is 0.0542 e. The van der Waals surface area contributed by atoms with Crippen molar-refractivity contribution in [2.75, 3.05) is 9.80 Å². The zero-order valence-corrected chi connectivity index (χ0v) is 56.3. The summed E-state index contributed by atoms with van der Waals surface area (Å²) in [6.45, 7) is 9.57. The largest absolute Gasteiger partial charge is 0.310 e. The molecule has 0 spiro atoms. The van der Waals surface area contributed by atoms with Crippen LogP contribution in [0.3, 0.4) is 0 Å². The molecule has 2 heterocycles. The van der Waals surface area contributed by atoms with Gasteiger partial charge in [0, 0.05) is 77.9 Å². The highest BCUT2D eigenvalue weighted by Gasteiger charge is 2.39. The van der Waals surface area contributed by atoms with Crippen molar-refractivity contribution in [2.24, 2.45) is 0 Å². The van der Waals surface area contributed by atoms with E-state index in [0.717, 1.165) is 62.1 Å². The Labute approximate surface area is 583 Å². The molecule has 0 amide bonds. The first-order chi connectivity index (χ1) is 49.1. The molecule has 19 rings (SSSR count). The zero-order valence-electron chi connectivity index (χ0n) is 56.3. The molecule has 100 heavy (non-hydrogen) atoms. The van der Waals surface area contributed by atoms with Crippen LogP contribution >= 0.6 is 0 Å². The van der Waals surface area contributed by atoms with Crippen molar-refractivity contribution < 1.29 is 0 Å². The number of para-hydroxylation sites is 3. The van der Waals surface area contributed by atoms with E-state index in [-0.39, 0.29) is 10.8 Å². The lowest BCUT2D eigenvalue weighted by Crippen LogP contribution is -2.16. The smallest absolute Gasteiger partial charge is 0.0542 e. The van der Waals surface area contributed by atoms with Gasteiger partial charge in [0.2, 0.25) is 0 Å². The van der Waals surface area contributed by atoms with E-state index in [9.17, 15) is 0 Å². The van der Waals surface area contributed by atoms with E-state index >= 15 is 0 Å². The molecule has 4 nitrogen and oxygen atoms in total. The molecule has 15 aromatic carbocycles. The standard InChI is InChI=1S/C96H70N4/c1-95(2)86-39-20-17-35-79(86)80-51-48-76(61-88(80)95)98(74-50-54-93-85(60-74)82-37-19-22-42-91(82)100(93)77-57-68(64-27-11-6-12-28-64)55-69(58-77)65-29-13-7-14-30-65)73-34-23-31-67(56-73)78-38-24-40-87-94(78)83-52-49-75(62-89(83)96(87,3)4)97(70-32-15-8-16-33-70)71-44-46-72(47-45-71)99-90-41-21-18-36-81(90)84-59-66(43-53-92(84)99)63-25-9-5-10-26-63/h5-62H,1-4H3. The molecule has 4 heteroatoms. The third-order valence-corrected chi connectivity index (χ3v) is 21.6. The van der Waals surface area contributed by atoms with E-state index in [1.165, 1.54) is 116 Å². The third kappa shape index (κ3) is 9.43. The van der Waals surface area contributed by atoms with E-state index in [4.69, 9.17) is 0 Å². The molecule has 0 bridgehead atoms. The van der Waals surface area contributed by atoms with Crippen molar-refractivity contribution in [1.29, 1.82) is 0 Å². The molecular formula is C96H70N4. The summed E-state index contributed by atoms with van der Waals surface area (Å²) in [5.41, 5.74) is 33.0. The second-order valence-electron chi connectivity index (χ2n) is 28.1. The minimum Gasteiger partial charge on any atom is -0.310 e. The van der Waals surface area contributed by atoms with Crippen molar-refractivity contribution in [3.8, 4) is 78.1 Å². The van der Waals surface area contributed by atoms with Gasteiger partial charge in [0.25, 0.3) is 0 Å². The molecular weight excluding hydrogens is 1210 g/mol. The summed E-state index contributed by atoms with van der Waals surface area (Å²) in [7, 11) is 0. The van der Waals surface area contributed by atoms with Gasteiger partial charge in [0.15, 0.2) is 0 Å². The highest BCUT2D eigenvalue weighted by atomic mass is 15.2. The fourth-order valence-electron chi connectivity index (χ4n) is 16.8. The summed E-state index contributed by atoms with van der Waals surface area (Å²) >= 11 is 0. The topological polar surface area (TPSA) is 16.3 Å². The Bertz CT molecular complexity index is 6020. The lowest BCUT2D eigenvalue weighted by atomic mass is 9.81. The summed E-state index contributed by atoms with van der Waals surface area (Å²) in [6.07, 6.45) is 0. The summed E-state index contributed by atoms with van der Waals surface area (Å²) < 4.78 is 4.88. The third-order valence-electron chi connectivity index (χ3n) is 21.6. The molecule has 0 saturated heterocycles. The summed E-state index contributed by atoms with van der Waals surface area (Å²) in [5, 5.41) is 4.87. The van der Waals surface area contributed by atoms with Crippen LogP contribution in [-0.2, 0) is 10.8 Å². The Morgan fingerprint density at radius 2 is 0.620 bits per heavy atom. The zero-order chi connectivity index (χ0) is 66.8. The molecule has 17 aromatic rings. The van der Waals surface area contributed by atoms with Crippen molar-refractivity contribution in [3.05, 3.63) is 374 Å². The average Bonchev–Trinajstić information content (AvgIpc) is 1.57. The van der Waals surface area contributed by atoms with Crippen LogP contribution in [0.4, 0.5) is 34.1 Å². The van der Waals surface area contributed by atoms with E-state index in [1.54, 1.807) is 0 Å². The maximum atomic E-state index is 2.50. The van der Waals surface area contributed by atoms with E-state index < -0.39 is 0 Å². The van der Waals surface area contributed by atoms with Gasteiger partial charge in [-0.25, -0.2) is 0 Å². The molecule has 0 saturated carbocycles. The van der Waals surface area contributed by atoms with Crippen LogP contribution in [0, 0.1) is 0 Å². The second kappa shape index (κ2) is 23.1. The number of hydrogen-bond acceptors (Lipinski definition) is 2. The SMILES string of the molecule is CC1(C)c2ccccc2-c2ccc(N(c3cccc(-c4cccc5c4-c4ccc(N(c6ccccc6)c6ccc(-n7c8ccccc8c8cc(-c9ccccc9)ccc87)cc6)cc4C5(C)C)c3)c3ccc4c(c3)c3ccccc3n4-c3cc(-c4ccccc4)cc(-c4ccccc4)c3)cc21. The fourth-order valence-corrected chi connectivity index (χ4v) is 16.8. The van der Waals surface area contributed by atoms with Gasteiger partial charge in [-0.15, -0.1) is 0 Å². The predicted octanol–water partition coefficient (Wildman–Crippen LogP) is 26.1. The quantitative estimate of drug-likeness (QED) is 0.121. The summed E-state index contributed by atoms with van der Waals surface area (Å²) in [6, 6.07) is 131. The molecule has 0 N–H and O–H groups in total. The van der Waals surface area contributed by atoms with Crippen LogP contribution < -0.4 is 9.80 Å². The Kier molecular flexibility index (Phi) is 13.6. The van der Waals surface area contributed by atoms with Crippen molar-refractivity contribution in [1.82, 2.24) is 9.13 Å². The first kappa shape index (κ1) is 58.8. The van der Waals surface area contributed by atoms with Gasteiger partial charge in [0.05, 0.1) is 22.1 Å². The van der Waals surface area contributed by atoms with Crippen LogP contribution in [0.15, 0.2) is 352 Å². The molecule has 0 radical (unpaired) electrons. The molecule has 0 aliphatic heterocycles. The number of benzene rings is 15. The van der Waals surface area contributed by atoms with Crippen molar-refractivity contribution in [3.63, 3.8) is 0 Å². The van der Waals surface area contributed by atoms with Gasteiger partial charge < -0.3 is 18.9 Å². The average molecular weight is 1280 g/mol. The predicted molar refractivity (Wildman–Crippen MR) is 421 cm³/mol. The van der Waals surface area contributed by atoms with Gasteiger partial charge in [-0.05, 0) is 222 Å². The van der Waals surface area contributed by atoms with Gasteiger partial charge in [-0.3, -0.25) is 0 Å². The van der Waals surface area contributed by atoms with Gasteiger partial charge >= 0.3 is 0 Å². The Balaban J connectivity index is 0.725. The van der Waals surface area contributed by atoms with Crippen LogP contribution in [0.25, 0.3) is 122 Å². The molecule has 2 aliphatic carbocycles. The molecule has 2 aromatic heterocycles. The van der Waals surface area contributed by atoms with E-state index in [2.05, 4.69) is 398 Å². The van der Waals surface area contributed by atoms with E-state index in [0.29, 0.717) is 0 Å². The molecule has 0 fully saturated rings. The van der Waals surface area contributed by atoms with Gasteiger partial charge in [-0.2, -0.15) is 0 Å². The van der Waals surface area contributed by atoms with Crippen LogP contribution in [0.5, 0.6) is 0 Å². The van der Waals surface area contributed by atoms with Crippen molar-refractivity contribution in [2.45, 2.75) is 38.5 Å². The number of nitrogens with zero attached hydrogens (tertiary/aromatic N) is 4. The first-order valence-electron chi connectivity index (χ1n) is 34.9. The Morgan fingerprint density at radius 3 is 1.28 bits per heavy atom. The van der Waals surface area contributed by atoms with Crippen LogP contribution in [0.1, 0.15) is 49.9 Å². The fraction of sp³-hybridized carbons (Fsp3) is 0.0625. The monoisotopic (exact) mass is 1280 g/mol. The summed E-state index contributed by atoms with van der Waals surface area (Å²) in [4.78, 5) is 4.92. The van der Waals surface area contributed by atoms with Crippen LogP contribution in [0.2, 0.25) is 0 Å². The Morgan fingerprint density at radius 1 is 0.210 bits per heavy atom. The normalized spacial score (nSPS) is 13.2. The number of anilines is 6. The number of aromatic nitrogens is 2. The molecule has 2 aliphatic rings. The second-order valence-corrected chi connectivity index (χ2v) is 28.1. The Hall–Kier alpha value is -12.5. The van der Waals surface area contributed by atoms with Crippen LogP contribution in [-0.4, -0.2) is 9.13 Å². The molecule has 0 atom stereocenters. The summed E-state index contributed by atoms with van der Waals surface area (Å²) in [5.74, 6) is 0. The maximum absolute atomic E-state index is 2.50. The van der Waals surface area contributed by atoms with E-state index in [1.807, 2.05) is 0 Å². The lowest BCUT2D eigenvalue weighted by molar-refractivity contribution is 0.660. The highest BCUT2D eigenvalue weighted by Crippen LogP contribution is 2.56. The molecule has 474 valence electrons. The minimum atomic E-state index is -0.307. The molecule has 0 unspecified atom stereocenters.